The maximum absolute atomic E-state index is 12.5. The van der Waals surface area contributed by atoms with E-state index in [2.05, 4.69) is 13.8 Å². The van der Waals surface area contributed by atoms with Crippen LogP contribution in [-0.2, 0) is 0 Å². The second kappa shape index (κ2) is 8.73. The Balaban J connectivity index is 0. The average Bonchev–Trinajstić information content (AvgIpc) is 2.35. The predicted molar refractivity (Wildman–Crippen MR) is 82.5 cm³/mol. The van der Waals surface area contributed by atoms with Gasteiger partial charge in [0.15, 0.2) is 5.52 Å². The molecule has 0 aliphatic heterocycles. The number of carbonyl (C=O) groups is 1. The maximum Gasteiger partial charge on any atom is 1.00 e. The zero-order valence-electron chi connectivity index (χ0n) is 14.6. The Morgan fingerprint density at radius 2 is 1.65 bits per heavy atom. The van der Waals surface area contributed by atoms with E-state index >= 15 is 0 Å². The SMILES string of the molecule is COc1c(C)cc(C)c(OC)c1C(=O)PCC(C)C.[H-].[Li+]. The van der Waals surface area contributed by atoms with Gasteiger partial charge in [0.2, 0.25) is 0 Å². The van der Waals surface area contributed by atoms with Crippen molar-refractivity contribution < 1.29 is 34.6 Å². The zero-order valence-corrected chi connectivity index (χ0v) is 14.6. The number of aryl methyl sites for hydroxylation is 2. The van der Waals surface area contributed by atoms with Crippen LogP contribution in [0, 0.1) is 19.8 Å². The van der Waals surface area contributed by atoms with E-state index in [0.29, 0.717) is 23.0 Å². The normalized spacial score (nSPS) is 10.8. The summed E-state index contributed by atoms with van der Waals surface area (Å²) in [4.78, 5) is 12.5. The van der Waals surface area contributed by atoms with Gasteiger partial charge >= 0.3 is 18.9 Å². The van der Waals surface area contributed by atoms with Crippen molar-refractivity contribution in [3.05, 3.63) is 22.8 Å². The van der Waals surface area contributed by atoms with E-state index in [1.165, 1.54) is 0 Å². The fourth-order valence-electron chi connectivity index (χ4n) is 2.07. The third kappa shape index (κ3) is 4.52. The summed E-state index contributed by atoms with van der Waals surface area (Å²) in [5.74, 6) is 1.80. The first-order valence-corrected chi connectivity index (χ1v) is 7.63. The van der Waals surface area contributed by atoms with Crippen molar-refractivity contribution in [3.63, 3.8) is 0 Å². The molecule has 0 aromatic heterocycles. The van der Waals surface area contributed by atoms with Crippen molar-refractivity contribution >= 4 is 14.1 Å². The van der Waals surface area contributed by atoms with Crippen molar-refractivity contribution in [2.75, 3.05) is 20.4 Å². The van der Waals surface area contributed by atoms with Gasteiger partial charge in [-0.05, 0) is 51.7 Å². The van der Waals surface area contributed by atoms with Crippen molar-refractivity contribution in [3.8, 4) is 11.5 Å². The van der Waals surface area contributed by atoms with Gasteiger partial charge in [-0.15, -0.1) is 0 Å². The summed E-state index contributed by atoms with van der Waals surface area (Å²) in [6.45, 7) is 8.15. The quantitative estimate of drug-likeness (QED) is 0.577. The first-order chi connectivity index (χ1) is 8.92. The Kier molecular flexibility index (Phi) is 8.52. The third-order valence-corrected chi connectivity index (χ3v) is 4.50. The van der Waals surface area contributed by atoms with E-state index in [1.54, 1.807) is 14.2 Å². The minimum atomic E-state index is 0. The van der Waals surface area contributed by atoms with E-state index in [9.17, 15) is 4.79 Å². The summed E-state index contributed by atoms with van der Waals surface area (Å²) in [6.07, 6.45) is 0.901. The van der Waals surface area contributed by atoms with Crippen LogP contribution in [-0.4, -0.2) is 25.9 Å². The molecule has 0 aliphatic rings. The van der Waals surface area contributed by atoms with E-state index in [1.807, 2.05) is 19.9 Å². The number of carbonyl (C=O) groups excluding carboxylic acids is 1. The summed E-state index contributed by atoms with van der Waals surface area (Å²) in [6, 6.07) is 1.99. The number of methoxy groups -OCH3 is 2. The Bertz CT molecular complexity index is 450. The summed E-state index contributed by atoms with van der Waals surface area (Å²) in [5, 5.41) is 0. The molecule has 0 spiro atoms. The van der Waals surface area contributed by atoms with Crippen LogP contribution in [0.15, 0.2) is 6.07 Å². The molecule has 0 saturated carbocycles. The summed E-state index contributed by atoms with van der Waals surface area (Å²) in [7, 11) is 3.45. The van der Waals surface area contributed by atoms with Crippen molar-refractivity contribution in [1.82, 2.24) is 0 Å². The van der Waals surface area contributed by atoms with Crippen LogP contribution in [0.2, 0.25) is 0 Å². The van der Waals surface area contributed by atoms with Crippen molar-refractivity contribution in [2.45, 2.75) is 27.7 Å². The molecule has 0 bridgehead atoms. The van der Waals surface area contributed by atoms with Crippen LogP contribution < -0.4 is 28.3 Å². The number of hydrogen-bond donors (Lipinski definition) is 0. The minimum absolute atomic E-state index is 0. The van der Waals surface area contributed by atoms with Gasteiger partial charge in [-0.1, -0.05) is 13.8 Å². The Labute approximate surface area is 137 Å². The van der Waals surface area contributed by atoms with Crippen LogP contribution in [0.1, 0.15) is 36.8 Å². The van der Waals surface area contributed by atoms with Gasteiger partial charge in [0, 0.05) is 0 Å². The standard InChI is InChI=1S/C15H23O3P.Li.H/c1-9(2)8-19-15(16)12-13(17-5)10(3)7-11(4)14(12)18-6;;/h7,9,19H,8H2,1-6H3;;/q;+1;-1. The molecule has 1 aromatic carbocycles. The van der Waals surface area contributed by atoms with Gasteiger partial charge in [-0.3, -0.25) is 4.79 Å². The molecule has 20 heavy (non-hydrogen) atoms. The van der Waals surface area contributed by atoms with Gasteiger partial charge < -0.3 is 10.9 Å². The van der Waals surface area contributed by atoms with E-state index in [0.717, 1.165) is 17.3 Å². The summed E-state index contributed by atoms with van der Waals surface area (Å²) >= 11 is 0. The van der Waals surface area contributed by atoms with Gasteiger partial charge in [0.1, 0.15) is 17.1 Å². The first-order valence-electron chi connectivity index (χ1n) is 6.42. The molecule has 0 amide bonds. The molecule has 108 valence electrons. The fraction of sp³-hybridized carbons (Fsp3) is 0.533. The molecule has 3 nitrogen and oxygen atoms in total. The third-order valence-electron chi connectivity index (χ3n) is 2.91. The molecule has 0 heterocycles. The van der Waals surface area contributed by atoms with Crippen LogP contribution in [0.4, 0.5) is 0 Å². The second-order valence-electron chi connectivity index (χ2n) is 5.06. The van der Waals surface area contributed by atoms with Crippen molar-refractivity contribution in [2.24, 2.45) is 5.92 Å². The number of benzene rings is 1. The van der Waals surface area contributed by atoms with E-state index < -0.39 is 0 Å². The van der Waals surface area contributed by atoms with Crippen LogP contribution in [0.25, 0.3) is 0 Å². The summed E-state index contributed by atoms with van der Waals surface area (Å²) < 4.78 is 10.8. The molecular formula is C15H24LiO3P. The second-order valence-corrected chi connectivity index (χ2v) is 6.27. The molecule has 1 rings (SSSR count). The van der Waals surface area contributed by atoms with Gasteiger partial charge in [0.05, 0.1) is 14.2 Å². The molecule has 0 radical (unpaired) electrons. The number of hydrogen-bond acceptors (Lipinski definition) is 3. The molecule has 0 aliphatic carbocycles. The Morgan fingerprint density at radius 3 is 2.00 bits per heavy atom. The molecule has 1 aromatic rings. The molecule has 0 saturated heterocycles. The van der Waals surface area contributed by atoms with E-state index in [-0.39, 0.29) is 34.4 Å². The van der Waals surface area contributed by atoms with Gasteiger partial charge in [-0.2, -0.15) is 0 Å². The van der Waals surface area contributed by atoms with Gasteiger partial charge in [-0.25, -0.2) is 0 Å². The first kappa shape index (κ1) is 19.5. The van der Waals surface area contributed by atoms with Crippen LogP contribution in [0.3, 0.4) is 0 Å². The molecule has 1 atom stereocenters. The molecular weight excluding hydrogens is 266 g/mol. The average molecular weight is 290 g/mol. The topological polar surface area (TPSA) is 35.5 Å². The van der Waals surface area contributed by atoms with Crippen LogP contribution in [0.5, 0.6) is 11.5 Å². The maximum atomic E-state index is 12.5. The largest absolute Gasteiger partial charge is 1.00 e. The van der Waals surface area contributed by atoms with E-state index in [4.69, 9.17) is 9.47 Å². The molecule has 0 fully saturated rings. The monoisotopic (exact) mass is 290 g/mol. The minimum Gasteiger partial charge on any atom is -1.00 e. The Morgan fingerprint density at radius 1 is 1.20 bits per heavy atom. The smallest absolute Gasteiger partial charge is 1.00 e. The summed E-state index contributed by atoms with van der Waals surface area (Å²) in [5.41, 5.74) is 2.66. The number of rotatable bonds is 6. The Hall–Kier alpha value is -0.483. The molecule has 5 heteroatoms. The fourth-order valence-corrected chi connectivity index (χ4v) is 3.07. The molecule has 0 N–H and O–H groups in total. The van der Waals surface area contributed by atoms with Crippen molar-refractivity contribution in [1.29, 1.82) is 0 Å². The van der Waals surface area contributed by atoms with Gasteiger partial charge in [0.25, 0.3) is 0 Å². The zero-order chi connectivity index (χ0) is 14.6. The van der Waals surface area contributed by atoms with Crippen LogP contribution >= 0.6 is 8.58 Å². The number of ether oxygens (including phenoxy) is 2. The predicted octanol–water partition coefficient (Wildman–Crippen LogP) is 0.912. The molecule has 1 unspecified atom stereocenters.